The molecule has 0 amide bonds. The van der Waals surface area contributed by atoms with Crippen LogP contribution in [-0.2, 0) is 23.1 Å². The van der Waals surface area contributed by atoms with Crippen molar-refractivity contribution >= 4 is 16.6 Å². The molecule has 0 aliphatic carbocycles. The van der Waals surface area contributed by atoms with Gasteiger partial charge in [0.05, 0.1) is 13.2 Å². The number of hydrogen-bond donors (Lipinski definition) is 1. The summed E-state index contributed by atoms with van der Waals surface area (Å²) in [4.78, 5) is 0. The predicted octanol–water partition coefficient (Wildman–Crippen LogP) is 5.19. The second-order valence-corrected chi connectivity index (χ2v) is 21.9. The largest absolute Gasteiger partial charge is 0.413 e. The monoisotopic (exact) mass is 474 g/mol. The van der Waals surface area contributed by atoms with Crippen molar-refractivity contribution in [2.24, 2.45) is 0 Å². The van der Waals surface area contributed by atoms with Gasteiger partial charge in [0.1, 0.15) is 18.3 Å². The fourth-order valence-corrected chi connectivity index (χ4v) is 5.53. The van der Waals surface area contributed by atoms with E-state index in [9.17, 15) is 5.11 Å². The van der Waals surface area contributed by atoms with E-state index < -0.39 is 28.7 Å². The highest BCUT2D eigenvalue weighted by atomic mass is 28.4. The summed E-state index contributed by atoms with van der Waals surface area (Å²) in [6.45, 7) is 26.4. The molecule has 0 aromatic heterocycles. The van der Waals surface area contributed by atoms with Crippen molar-refractivity contribution in [2.75, 3.05) is 13.2 Å². The highest BCUT2D eigenvalue weighted by molar-refractivity contribution is 6.74. The molecule has 0 aromatic carbocycles. The van der Waals surface area contributed by atoms with Gasteiger partial charge in [-0.2, -0.15) is 0 Å². The molecule has 0 unspecified atom stereocenters. The number of fused-ring (bicyclic) bond motifs is 1. The number of aliphatic hydroxyl groups excluding tert-OH is 1. The molecule has 2 aliphatic rings. The molecule has 2 heterocycles. The third-order valence-electron chi connectivity index (χ3n) is 7.35. The topological polar surface area (TPSA) is 66.4 Å². The minimum Gasteiger partial charge on any atom is -0.413 e. The van der Waals surface area contributed by atoms with Crippen molar-refractivity contribution in [3.63, 3.8) is 0 Å². The summed E-state index contributed by atoms with van der Waals surface area (Å²) in [5.74, 6) is -0.714. The number of rotatable bonds is 7. The van der Waals surface area contributed by atoms with Crippen molar-refractivity contribution in [3.05, 3.63) is 11.6 Å². The third-order valence-corrected chi connectivity index (χ3v) is 16.3. The van der Waals surface area contributed by atoms with Crippen LogP contribution in [0.25, 0.3) is 0 Å². The van der Waals surface area contributed by atoms with Gasteiger partial charge >= 0.3 is 0 Å². The SMILES string of the molecule is CC1(C)O[C@H]2O[C@H](/C(=C\CO)CO[Si](C)(C)C(C)(C)C)[C@H](O[Si](C)(C)C(C)(C)C)[C@H]2O1. The maximum Gasteiger partial charge on any atom is 0.192 e. The van der Waals surface area contributed by atoms with E-state index in [1.165, 1.54) is 0 Å². The normalized spacial score (nSPS) is 30.0. The lowest BCUT2D eigenvalue weighted by atomic mass is 10.0. The summed E-state index contributed by atoms with van der Waals surface area (Å²) >= 11 is 0. The molecular weight excluding hydrogens is 428 g/mol. The first-order valence-corrected chi connectivity index (χ1v) is 17.3. The van der Waals surface area contributed by atoms with E-state index in [4.69, 9.17) is 23.1 Å². The summed E-state index contributed by atoms with van der Waals surface area (Å²) in [7, 11) is -4.08. The zero-order valence-corrected chi connectivity index (χ0v) is 23.8. The predicted molar refractivity (Wildman–Crippen MR) is 129 cm³/mol. The summed E-state index contributed by atoms with van der Waals surface area (Å²) in [5, 5.41) is 9.89. The minimum absolute atomic E-state index is 0.0448. The van der Waals surface area contributed by atoms with Crippen LogP contribution >= 0.6 is 0 Å². The Morgan fingerprint density at radius 1 is 0.968 bits per heavy atom. The van der Waals surface area contributed by atoms with Gasteiger partial charge in [-0.1, -0.05) is 47.6 Å². The van der Waals surface area contributed by atoms with Crippen LogP contribution in [0, 0.1) is 0 Å². The van der Waals surface area contributed by atoms with Crippen molar-refractivity contribution < 1.29 is 28.2 Å². The Hall–Kier alpha value is -0.0662. The van der Waals surface area contributed by atoms with Gasteiger partial charge in [-0.25, -0.2) is 0 Å². The van der Waals surface area contributed by atoms with Crippen molar-refractivity contribution in [2.45, 2.75) is 122 Å². The Morgan fingerprint density at radius 3 is 2.00 bits per heavy atom. The molecule has 0 spiro atoms. The lowest BCUT2D eigenvalue weighted by molar-refractivity contribution is -0.209. The average Bonchev–Trinajstić information content (AvgIpc) is 3.02. The zero-order chi connectivity index (χ0) is 24.0. The molecule has 0 bridgehead atoms. The first-order chi connectivity index (χ1) is 13.8. The van der Waals surface area contributed by atoms with Gasteiger partial charge in [0, 0.05) is 0 Å². The highest BCUT2D eigenvalue weighted by Crippen LogP contribution is 2.45. The van der Waals surface area contributed by atoms with Crippen LogP contribution in [0.2, 0.25) is 36.3 Å². The Bertz CT molecular complexity index is 660. The molecule has 0 radical (unpaired) electrons. The van der Waals surface area contributed by atoms with Crippen LogP contribution < -0.4 is 0 Å². The van der Waals surface area contributed by atoms with E-state index in [0.717, 1.165) is 5.57 Å². The second kappa shape index (κ2) is 8.94. The summed E-state index contributed by atoms with van der Waals surface area (Å²) in [6, 6.07) is 0. The summed E-state index contributed by atoms with van der Waals surface area (Å²) in [5.41, 5.74) is 0.899. The number of aliphatic hydroxyl groups is 1. The molecule has 4 atom stereocenters. The fourth-order valence-electron chi connectivity index (χ4n) is 3.28. The third kappa shape index (κ3) is 6.09. The molecule has 2 fully saturated rings. The van der Waals surface area contributed by atoms with Crippen LogP contribution in [0.15, 0.2) is 11.6 Å². The number of hydrogen-bond acceptors (Lipinski definition) is 6. The van der Waals surface area contributed by atoms with Crippen molar-refractivity contribution in [3.8, 4) is 0 Å². The molecule has 2 rings (SSSR count). The zero-order valence-electron chi connectivity index (χ0n) is 21.8. The minimum atomic E-state index is -2.11. The molecular formula is C23H46O6Si2. The number of ether oxygens (including phenoxy) is 3. The quantitative estimate of drug-likeness (QED) is 0.404. The Kier molecular flexibility index (Phi) is 7.84. The lowest BCUT2D eigenvalue weighted by Crippen LogP contribution is -2.50. The second-order valence-electron chi connectivity index (χ2n) is 12.4. The van der Waals surface area contributed by atoms with Crippen LogP contribution in [0.4, 0.5) is 0 Å². The Balaban J connectivity index is 2.32. The molecule has 31 heavy (non-hydrogen) atoms. The van der Waals surface area contributed by atoms with Gasteiger partial charge in [-0.15, -0.1) is 0 Å². The Labute approximate surface area is 191 Å². The van der Waals surface area contributed by atoms with E-state index >= 15 is 0 Å². The van der Waals surface area contributed by atoms with Crippen LogP contribution in [0.1, 0.15) is 55.4 Å². The van der Waals surface area contributed by atoms with E-state index in [1.807, 2.05) is 13.8 Å². The van der Waals surface area contributed by atoms with E-state index in [2.05, 4.69) is 67.7 Å². The van der Waals surface area contributed by atoms with Crippen LogP contribution in [-0.4, -0.2) is 65.3 Å². The van der Waals surface area contributed by atoms with Gasteiger partial charge in [-0.05, 0) is 55.7 Å². The van der Waals surface area contributed by atoms with E-state index in [1.54, 1.807) is 6.08 Å². The average molecular weight is 475 g/mol. The Morgan fingerprint density at radius 2 is 1.52 bits per heavy atom. The molecule has 2 saturated heterocycles. The fraction of sp³-hybridized carbons (Fsp3) is 0.913. The summed E-state index contributed by atoms with van der Waals surface area (Å²) in [6.07, 6.45) is 0.297. The van der Waals surface area contributed by atoms with E-state index in [0.29, 0.717) is 6.61 Å². The molecule has 0 saturated carbocycles. The highest BCUT2D eigenvalue weighted by Gasteiger charge is 2.58. The maximum absolute atomic E-state index is 9.75. The molecule has 8 heteroatoms. The van der Waals surface area contributed by atoms with Gasteiger partial charge in [-0.3, -0.25) is 0 Å². The molecule has 2 aliphatic heterocycles. The van der Waals surface area contributed by atoms with Gasteiger partial charge in [0.15, 0.2) is 28.7 Å². The van der Waals surface area contributed by atoms with Crippen molar-refractivity contribution in [1.82, 2.24) is 0 Å². The molecule has 182 valence electrons. The molecule has 0 aromatic rings. The van der Waals surface area contributed by atoms with Gasteiger partial charge < -0.3 is 28.2 Å². The molecule has 1 N–H and O–H groups in total. The maximum atomic E-state index is 9.75. The van der Waals surface area contributed by atoms with Crippen molar-refractivity contribution in [1.29, 1.82) is 0 Å². The first kappa shape index (κ1) is 27.2. The van der Waals surface area contributed by atoms with E-state index in [-0.39, 0.29) is 35.0 Å². The summed E-state index contributed by atoms with van der Waals surface area (Å²) < 4.78 is 32.0. The standard InChI is InChI=1S/C23H46O6Si2/c1-21(2,3)30(9,10)25-15-16(13-14-24)17-18(29-31(11,12)22(4,5)6)19-20(26-17)28-23(7,8)27-19/h13,17-20,24H,14-15H2,1-12H3/b16-13-/t17-,18+,19-,20-/m1/s1. The smallest absolute Gasteiger partial charge is 0.192 e. The first-order valence-electron chi connectivity index (χ1n) is 11.4. The molecule has 6 nitrogen and oxygen atoms in total. The van der Waals surface area contributed by atoms with Gasteiger partial charge in [0.25, 0.3) is 0 Å². The van der Waals surface area contributed by atoms with Crippen LogP contribution in [0.5, 0.6) is 0 Å². The van der Waals surface area contributed by atoms with Crippen LogP contribution in [0.3, 0.4) is 0 Å². The van der Waals surface area contributed by atoms with Gasteiger partial charge in [0.2, 0.25) is 0 Å². The lowest BCUT2D eigenvalue weighted by Gasteiger charge is -2.41.